The maximum atomic E-state index is 4.49. The van der Waals surface area contributed by atoms with Crippen LogP contribution in [0.4, 0.5) is 0 Å². The van der Waals surface area contributed by atoms with Crippen molar-refractivity contribution in [2.24, 2.45) is 0 Å². The number of hydrogen-bond acceptors (Lipinski definition) is 2. The minimum absolute atomic E-state index is 1.000. The lowest BCUT2D eigenvalue weighted by Crippen LogP contribution is -1.98. The van der Waals surface area contributed by atoms with Crippen LogP contribution in [-0.4, -0.2) is 9.55 Å². The quantitative estimate of drug-likeness (QED) is 0.693. The van der Waals surface area contributed by atoms with E-state index in [0.717, 1.165) is 18.5 Å². The topological polar surface area (TPSA) is 17.8 Å². The number of imidazole rings is 1. The minimum atomic E-state index is 1.000. The molecule has 0 bridgehead atoms. The third kappa shape index (κ3) is 2.06. The minimum Gasteiger partial charge on any atom is -0.330 e. The summed E-state index contributed by atoms with van der Waals surface area (Å²) < 4.78 is 2.25. The highest BCUT2D eigenvalue weighted by Gasteiger charge is 2.05. The molecule has 3 heteroatoms. The highest BCUT2D eigenvalue weighted by molar-refractivity contribution is 7.09. The summed E-state index contributed by atoms with van der Waals surface area (Å²) >= 11 is 1.82. The molecule has 0 aliphatic heterocycles. The first-order chi connectivity index (χ1) is 8.74. The maximum Gasteiger partial charge on any atom is 0.0958 e. The van der Waals surface area contributed by atoms with Crippen molar-refractivity contribution >= 4 is 22.4 Å². The second kappa shape index (κ2) is 4.58. The fourth-order valence-corrected chi connectivity index (χ4v) is 2.88. The summed E-state index contributed by atoms with van der Waals surface area (Å²) in [7, 11) is 0. The Bertz CT molecular complexity index is 665. The van der Waals surface area contributed by atoms with Crippen molar-refractivity contribution in [2.45, 2.75) is 26.8 Å². The number of nitrogens with zero attached hydrogens (tertiary/aromatic N) is 2. The van der Waals surface area contributed by atoms with E-state index >= 15 is 0 Å². The van der Waals surface area contributed by atoms with Gasteiger partial charge in [-0.3, -0.25) is 0 Å². The van der Waals surface area contributed by atoms with Crippen molar-refractivity contribution < 1.29 is 0 Å². The first kappa shape index (κ1) is 11.5. The molecule has 0 saturated carbocycles. The van der Waals surface area contributed by atoms with E-state index < -0.39 is 0 Å². The molecule has 3 rings (SSSR count). The fraction of sp³-hybridized carbons (Fsp3) is 0.267. The highest BCUT2D eigenvalue weighted by atomic mass is 32.1. The number of benzene rings is 1. The molecule has 0 N–H and O–H groups in total. The van der Waals surface area contributed by atoms with Crippen molar-refractivity contribution in [2.75, 3.05) is 0 Å². The first-order valence-corrected chi connectivity index (χ1v) is 7.06. The van der Waals surface area contributed by atoms with Gasteiger partial charge in [-0.1, -0.05) is 6.07 Å². The molecular weight excluding hydrogens is 240 g/mol. The molecule has 0 aliphatic carbocycles. The van der Waals surface area contributed by atoms with E-state index in [0.29, 0.717) is 0 Å². The maximum absolute atomic E-state index is 4.49. The molecule has 0 aliphatic rings. The second-order valence-electron chi connectivity index (χ2n) is 4.69. The monoisotopic (exact) mass is 256 g/mol. The second-order valence-corrected chi connectivity index (χ2v) is 5.72. The summed E-state index contributed by atoms with van der Waals surface area (Å²) in [5.74, 6) is 0. The van der Waals surface area contributed by atoms with Gasteiger partial charge in [0, 0.05) is 11.4 Å². The van der Waals surface area contributed by atoms with Gasteiger partial charge in [0.2, 0.25) is 0 Å². The smallest absolute Gasteiger partial charge is 0.0958 e. The molecule has 0 amide bonds. The lowest BCUT2D eigenvalue weighted by atomic mass is 10.1. The predicted molar refractivity (Wildman–Crippen MR) is 77.2 cm³/mol. The Morgan fingerprint density at radius 3 is 2.83 bits per heavy atom. The van der Waals surface area contributed by atoms with Crippen molar-refractivity contribution in [1.29, 1.82) is 0 Å². The number of aromatic nitrogens is 2. The van der Waals surface area contributed by atoms with Gasteiger partial charge in [0.05, 0.1) is 17.4 Å². The Labute approximate surface area is 111 Å². The Morgan fingerprint density at radius 1 is 1.22 bits per heavy atom. The van der Waals surface area contributed by atoms with E-state index in [9.17, 15) is 0 Å². The van der Waals surface area contributed by atoms with Gasteiger partial charge < -0.3 is 4.57 Å². The van der Waals surface area contributed by atoms with E-state index in [1.807, 2.05) is 17.7 Å². The lowest BCUT2D eigenvalue weighted by Gasteiger charge is -2.05. The summed E-state index contributed by atoms with van der Waals surface area (Å²) in [6.07, 6.45) is 3.03. The Hall–Kier alpha value is -1.61. The number of fused-ring (bicyclic) bond motifs is 1. The van der Waals surface area contributed by atoms with Crippen molar-refractivity contribution in [1.82, 2.24) is 9.55 Å². The molecule has 2 heterocycles. The molecule has 0 atom stereocenters. The van der Waals surface area contributed by atoms with Gasteiger partial charge in [-0.05, 0) is 55.0 Å². The van der Waals surface area contributed by atoms with Gasteiger partial charge in [-0.25, -0.2) is 4.98 Å². The van der Waals surface area contributed by atoms with Crippen LogP contribution in [0.15, 0.2) is 36.0 Å². The van der Waals surface area contributed by atoms with Crippen LogP contribution in [0.1, 0.15) is 16.0 Å². The van der Waals surface area contributed by atoms with Gasteiger partial charge >= 0.3 is 0 Å². The standard InChI is InChI=1S/C15H16N2S/c1-11-8-14-15(9-12(11)2)17(10-16-14)6-5-13-4-3-7-18-13/h3-4,7-10H,5-6H2,1-2H3. The predicted octanol–water partition coefficient (Wildman–Crippen LogP) is 3.96. The van der Waals surface area contributed by atoms with Crippen LogP contribution in [-0.2, 0) is 13.0 Å². The highest BCUT2D eigenvalue weighted by Crippen LogP contribution is 2.19. The third-order valence-electron chi connectivity index (χ3n) is 3.42. The normalized spacial score (nSPS) is 11.2. The van der Waals surface area contributed by atoms with Crippen LogP contribution in [0.5, 0.6) is 0 Å². The van der Waals surface area contributed by atoms with Crippen LogP contribution in [0.3, 0.4) is 0 Å². The molecular formula is C15H16N2S. The van der Waals surface area contributed by atoms with E-state index in [4.69, 9.17) is 0 Å². The van der Waals surface area contributed by atoms with Crippen LogP contribution in [0.25, 0.3) is 11.0 Å². The zero-order valence-electron chi connectivity index (χ0n) is 10.7. The largest absolute Gasteiger partial charge is 0.330 e. The zero-order valence-corrected chi connectivity index (χ0v) is 11.5. The van der Waals surface area contributed by atoms with E-state index in [1.54, 1.807) is 0 Å². The van der Waals surface area contributed by atoms with Crippen molar-refractivity contribution in [3.05, 3.63) is 52.0 Å². The summed E-state index contributed by atoms with van der Waals surface area (Å²) in [6, 6.07) is 8.72. The third-order valence-corrected chi connectivity index (χ3v) is 4.35. The fourth-order valence-electron chi connectivity index (χ4n) is 2.18. The molecule has 3 aromatic rings. The summed E-state index contributed by atoms with van der Waals surface area (Å²) in [5.41, 5.74) is 4.99. The van der Waals surface area contributed by atoms with E-state index in [-0.39, 0.29) is 0 Å². The summed E-state index contributed by atoms with van der Waals surface area (Å²) in [6.45, 7) is 5.30. The van der Waals surface area contributed by atoms with Crippen LogP contribution >= 0.6 is 11.3 Å². The molecule has 0 saturated heterocycles. The van der Waals surface area contributed by atoms with Crippen LogP contribution in [0.2, 0.25) is 0 Å². The molecule has 18 heavy (non-hydrogen) atoms. The average Bonchev–Trinajstić information content (AvgIpc) is 2.97. The van der Waals surface area contributed by atoms with E-state index in [2.05, 4.69) is 53.0 Å². The zero-order chi connectivity index (χ0) is 12.5. The lowest BCUT2D eigenvalue weighted by molar-refractivity contribution is 0.722. The van der Waals surface area contributed by atoms with Crippen LogP contribution in [0, 0.1) is 13.8 Å². The van der Waals surface area contributed by atoms with Gasteiger partial charge in [-0.2, -0.15) is 0 Å². The SMILES string of the molecule is Cc1cc2ncn(CCc3cccs3)c2cc1C. The molecule has 2 nitrogen and oxygen atoms in total. The first-order valence-electron chi connectivity index (χ1n) is 6.18. The average molecular weight is 256 g/mol. The van der Waals surface area contributed by atoms with Gasteiger partial charge in [-0.15, -0.1) is 11.3 Å². The molecule has 92 valence electrons. The summed E-state index contributed by atoms with van der Waals surface area (Å²) in [4.78, 5) is 5.92. The molecule has 2 aromatic heterocycles. The number of thiophene rings is 1. The number of hydrogen-bond donors (Lipinski definition) is 0. The summed E-state index contributed by atoms with van der Waals surface area (Å²) in [5, 5.41) is 2.13. The van der Waals surface area contributed by atoms with Gasteiger partial charge in [0.25, 0.3) is 0 Å². The van der Waals surface area contributed by atoms with Crippen molar-refractivity contribution in [3.63, 3.8) is 0 Å². The molecule has 0 spiro atoms. The molecule has 0 fully saturated rings. The van der Waals surface area contributed by atoms with Gasteiger partial charge in [0.1, 0.15) is 0 Å². The molecule has 0 radical (unpaired) electrons. The Kier molecular flexibility index (Phi) is 2.92. The number of rotatable bonds is 3. The number of aryl methyl sites for hydroxylation is 4. The molecule has 0 unspecified atom stereocenters. The molecule has 1 aromatic carbocycles. The van der Waals surface area contributed by atoms with Gasteiger partial charge in [0.15, 0.2) is 0 Å². The van der Waals surface area contributed by atoms with E-state index in [1.165, 1.54) is 21.5 Å². The van der Waals surface area contributed by atoms with Crippen LogP contribution < -0.4 is 0 Å². The van der Waals surface area contributed by atoms with Crippen molar-refractivity contribution in [3.8, 4) is 0 Å². The Morgan fingerprint density at radius 2 is 2.06 bits per heavy atom. The Balaban J connectivity index is 1.90.